The third-order valence-electron chi connectivity index (χ3n) is 2.04. The van der Waals surface area contributed by atoms with Crippen LogP contribution in [0.1, 0.15) is 0 Å². The fourth-order valence-electron chi connectivity index (χ4n) is 1.34. The predicted molar refractivity (Wildman–Crippen MR) is 66.9 cm³/mol. The molecule has 1 aromatic heterocycles. The van der Waals surface area contributed by atoms with Gasteiger partial charge in [0, 0.05) is 10.5 Å². The molecule has 0 saturated heterocycles. The van der Waals surface area contributed by atoms with Gasteiger partial charge >= 0.3 is 0 Å². The Balaban J connectivity index is 2.46. The lowest BCUT2D eigenvalue weighted by Gasteiger charge is -2.09. The Labute approximate surface area is 115 Å². The Morgan fingerprint density at radius 2 is 1.79 bits per heavy atom. The molecule has 0 amide bonds. The second-order valence-corrected chi connectivity index (χ2v) is 5.90. The van der Waals surface area contributed by atoms with Crippen molar-refractivity contribution in [1.29, 1.82) is 0 Å². The van der Waals surface area contributed by atoms with Crippen LogP contribution in [0.15, 0.2) is 40.2 Å². The van der Waals surface area contributed by atoms with Gasteiger partial charge in [-0.3, -0.25) is 4.72 Å². The first-order chi connectivity index (χ1) is 8.90. The Hall–Kier alpha value is -1.61. The first kappa shape index (κ1) is 13.8. The molecule has 2 rings (SSSR count). The fraction of sp³-hybridized carbons (Fsp3) is 0. The molecule has 0 spiro atoms. The molecule has 1 heterocycles. The summed E-state index contributed by atoms with van der Waals surface area (Å²) in [5.74, 6) is -2.08. The molecular formula is C10H6BrF2N3O2S. The molecule has 1 aromatic carbocycles. The predicted octanol–water partition coefficient (Wildman–Crippen LogP) is 2.32. The summed E-state index contributed by atoms with van der Waals surface area (Å²) >= 11 is 2.82. The van der Waals surface area contributed by atoms with E-state index in [2.05, 4.69) is 30.6 Å². The zero-order valence-corrected chi connectivity index (χ0v) is 11.5. The van der Waals surface area contributed by atoms with E-state index in [0.717, 1.165) is 6.07 Å². The molecule has 0 unspecified atom stereocenters. The summed E-state index contributed by atoms with van der Waals surface area (Å²) in [7, 11) is -4.21. The molecule has 0 radical (unpaired) electrons. The van der Waals surface area contributed by atoms with Gasteiger partial charge in [0.2, 0.25) is 0 Å². The lowest BCUT2D eigenvalue weighted by Crippen LogP contribution is -2.15. The van der Waals surface area contributed by atoms with Gasteiger partial charge < -0.3 is 0 Å². The van der Waals surface area contributed by atoms with Crippen LogP contribution >= 0.6 is 15.9 Å². The van der Waals surface area contributed by atoms with Crippen molar-refractivity contribution in [2.75, 3.05) is 4.72 Å². The van der Waals surface area contributed by atoms with Gasteiger partial charge in [-0.2, -0.15) is 0 Å². The summed E-state index contributed by atoms with van der Waals surface area (Å²) in [5, 5.41) is 0. The van der Waals surface area contributed by atoms with Gasteiger partial charge in [0.1, 0.15) is 22.9 Å². The number of nitrogens with one attached hydrogen (secondary N) is 1. The van der Waals surface area contributed by atoms with Crippen LogP contribution in [0.25, 0.3) is 0 Å². The van der Waals surface area contributed by atoms with E-state index in [1.807, 2.05) is 0 Å². The third-order valence-corrected chi connectivity index (χ3v) is 4.39. The highest BCUT2D eigenvalue weighted by molar-refractivity contribution is 9.10. The van der Waals surface area contributed by atoms with Gasteiger partial charge in [0.15, 0.2) is 0 Å². The van der Waals surface area contributed by atoms with Crippen molar-refractivity contribution in [1.82, 2.24) is 9.97 Å². The maximum absolute atomic E-state index is 13.6. The van der Waals surface area contributed by atoms with Crippen molar-refractivity contribution < 1.29 is 17.2 Å². The largest absolute Gasteiger partial charge is 0.276 e. The van der Waals surface area contributed by atoms with Crippen LogP contribution in [0.5, 0.6) is 0 Å². The van der Waals surface area contributed by atoms with Crippen molar-refractivity contribution in [3.05, 3.63) is 47.0 Å². The Morgan fingerprint density at radius 3 is 2.37 bits per heavy atom. The molecule has 0 fully saturated rings. The molecule has 0 saturated carbocycles. The van der Waals surface area contributed by atoms with Crippen molar-refractivity contribution in [2.45, 2.75) is 4.90 Å². The van der Waals surface area contributed by atoms with E-state index in [1.54, 1.807) is 0 Å². The Morgan fingerprint density at radius 1 is 1.16 bits per heavy atom. The van der Waals surface area contributed by atoms with Crippen LogP contribution in [-0.2, 0) is 10.0 Å². The fourth-order valence-corrected chi connectivity index (χ4v) is 3.54. The smallest absolute Gasteiger partial charge is 0.266 e. The Kier molecular flexibility index (Phi) is 3.76. The van der Waals surface area contributed by atoms with Crippen molar-refractivity contribution in [3.8, 4) is 0 Å². The SMILES string of the molecule is O=S(=O)(Nc1cncnc1)c1c(F)cc(F)cc1Br. The maximum Gasteiger partial charge on any atom is 0.266 e. The number of halogens is 3. The summed E-state index contributed by atoms with van der Waals surface area (Å²) in [6, 6.07) is 1.35. The zero-order chi connectivity index (χ0) is 14.0. The first-order valence-electron chi connectivity index (χ1n) is 4.82. The number of anilines is 1. The number of hydrogen-bond acceptors (Lipinski definition) is 4. The number of benzene rings is 1. The van der Waals surface area contributed by atoms with E-state index in [0.29, 0.717) is 6.07 Å². The highest BCUT2D eigenvalue weighted by Crippen LogP contribution is 2.27. The van der Waals surface area contributed by atoms with Crippen molar-refractivity contribution in [2.24, 2.45) is 0 Å². The topological polar surface area (TPSA) is 72.0 Å². The van der Waals surface area contributed by atoms with Crippen molar-refractivity contribution in [3.63, 3.8) is 0 Å². The van der Waals surface area contributed by atoms with Crippen LogP contribution in [-0.4, -0.2) is 18.4 Å². The van der Waals surface area contributed by atoms with E-state index < -0.39 is 26.6 Å². The quantitative estimate of drug-likeness (QED) is 0.922. The van der Waals surface area contributed by atoms with Crippen LogP contribution in [0.2, 0.25) is 0 Å². The minimum atomic E-state index is -4.21. The highest BCUT2D eigenvalue weighted by Gasteiger charge is 2.23. The number of hydrogen-bond donors (Lipinski definition) is 1. The molecule has 5 nitrogen and oxygen atoms in total. The molecule has 2 aromatic rings. The molecule has 19 heavy (non-hydrogen) atoms. The van der Waals surface area contributed by atoms with Gasteiger partial charge in [-0.05, 0) is 22.0 Å². The second kappa shape index (κ2) is 5.17. The molecule has 0 aliphatic carbocycles. The maximum atomic E-state index is 13.6. The number of sulfonamides is 1. The molecule has 0 atom stereocenters. The minimum Gasteiger partial charge on any atom is -0.276 e. The molecule has 1 N–H and O–H groups in total. The van der Waals surface area contributed by atoms with E-state index in [-0.39, 0.29) is 10.2 Å². The van der Waals surface area contributed by atoms with Crippen molar-refractivity contribution >= 4 is 31.6 Å². The van der Waals surface area contributed by atoms with Gasteiger partial charge in [0.05, 0.1) is 18.1 Å². The van der Waals surface area contributed by atoms with Crippen LogP contribution in [0.3, 0.4) is 0 Å². The Bertz CT molecular complexity index is 687. The van der Waals surface area contributed by atoms with Gasteiger partial charge in [-0.1, -0.05) is 0 Å². The summed E-state index contributed by atoms with van der Waals surface area (Å²) in [5.41, 5.74) is 0.0677. The average Bonchev–Trinajstić information content (AvgIpc) is 2.27. The van der Waals surface area contributed by atoms with Crippen LogP contribution in [0, 0.1) is 11.6 Å². The number of rotatable bonds is 3. The highest BCUT2D eigenvalue weighted by atomic mass is 79.9. The summed E-state index contributed by atoms with van der Waals surface area (Å²) in [6.07, 6.45) is 3.63. The molecule has 0 aliphatic rings. The lowest BCUT2D eigenvalue weighted by atomic mass is 10.3. The molecular weight excluding hydrogens is 344 g/mol. The van der Waals surface area contributed by atoms with E-state index in [1.165, 1.54) is 18.7 Å². The van der Waals surface area contributed by atoms with Crippen LogP contribution < -0.4 is 4.72 Å². The van der Waals surface area contributed by atoms with Crippen LogP contribution in [0.4, 0.5) is 14.5 Å². The number of aromatic nitrogens is 2. The lowest BCUT2D eigenvalue weighted by molar-refractivity contribution is 0.548. The summed E-state index contributed by atoms with van der Waals surface area (Å²) in [6.45, 7) is 0. The average molecular weight is 350 g/mol. The monoisotopic (exact) mass is 349 g/mol. The normalized spacial score (nSPS) is 11.3. The zero-order valence-electron chi connectivity index (χ0n) is 9.14. The van der Waals surface area contributed by atoms with E-state index in [4.69, 9.17) is 0 Å². The second-order valence-electron chi connectivity index (χ2n) is 3.43. The molecule has 9 heteroatoms. The number of nitrogens with zero attached hydrogens (tertiary/aromatic N) is 2. The van der Waals surface area contributed by atoms with Gasteiger partial charge in [0.25, 0.3) is 10.0 Å². The van der Waals surface area contributed by atoms with E-state index >= 15 is 0 Å². The standard InChI is InChI=1S/C10H6BrF2N3O2S/c11-8-1-6(12)2-9(13)10(8)19(17,18)16-7-3-14-5-15-4-7/h1-5,16H. The molecule has 0 bridgehead atoms. The third kappa shape index (κ3) is 3.04. The molecule has 100 valence electrons. The van der Waals surface area contributed by atoms with E-state index in [9.17, 15) is 17.2 Å². The summed E-state index contributed by atoms with van der Waals surface area (Å²) in [4.78, 5) is 6.55. The van der Waals surface area contributed by atoms with Gasteiger partial charge in [-0.15, -0.1) is 0 Å². The minimum absolute atomic E-state index is 0.0677. The summed E-state index contributed by atoms with van der Waals surface area (Å²) < 4.78 is 52.4. The molecule has 0 aliphatic heterocycles. The van der Waals surface area contributed by atoms with Gasteiger partial charge in [-0.25, -0.2) is 27.2 Å². The first-order valence-corrected chi connectivity index (χ1v) is 7.10.